The summed E-state index contributed by atoms with van der Waals surface area (Å²) in [4.78, 5) is 25.0. The number of amides is 1. The summed E-state index contributed by atoms with van der Waals surface area (Å²) >= 11 is 6.15. The molecule has 31 heavy (non-hydrogen) atoms. The summed E-state index contributed by atoms with van der Waals surface area (Å²) in [6.07, 6.45) is 0.791. The molecule has 0 bridgehead atoms. The predicted octanol–water partition coefficient (Wildman–Crippen LogP) is 3.96. The minimum atomic E-state index is -0.956. The van der Waals surface area contributed by atoms with Gasteiger partial charge in [0.1, 0.15) is 0 Å². The first-order valence-corrected chi connectivity index (χ1v) is 10.7. The Hall–Kier alpha value is -2.77. The molecule has 1 heterocycles. The van der Waals surface area contributed by atoms with Crippen molar-refractivity contribution in [2.75, 3.05) is 13.1 Å². The molecule has 0 aliphatic carbocycles. The van der Waals surface area contributed by atoms with Crippen molar-refractivity contribution in [3.8, 4) is 0 Å². The number of nitrogens with zero attached hydrogens (tertiary/aromatic N) is 3. The number of hydrogen-bond donors (Lipinski definition) is 2. The Kier molecular flexibility index (Phi) is 7.41. The van der Waals surface area contributed by atoms with Crippen LogP contribution >= 0.6 is 11.6 Å². The van der Waals surface area contributed by atoms with E-state index in [1.54, 1.807) is 29.3 Å². The Balaban J connectivity index is 1.52. The fraction of sp³-hybridized carbons (Fsp3) is 0.391. The number of halogens is 1. The second kappa shape index (κ2) is 10.0. The zero-order valence-corrected chi connectivity index (χ0v) is 18.5. The van der Waals surface area contributed by atoms with Crippen LogP contribution in [0.15, 0.2) is 47.3 Å². The highest BCUT2D eigenvalue weighted by Gasteiger charge is 2.15. The first kappa shape index (κ1) is 22.9. The second-order valence-corrected chi connectivity index (χ2v) is 8.18. The molecule has 0 saturated carbocycles. The van der Waals surface area contributed by atoms with Crippen molar-refractivity contribution in [2.24, 2.45) is 14.1 Å². The average molecular weight is 446 g/mol. The van der Waals surface area contributed by atoms with E-state index in [2.05, 4.69) is 0 Å². The van der Waals surface area contributed by atoms with E-state index in [0.717, 1.165) is 22.2 Å². The normalized spacial score (nSPS) is 12.3. The molecular weight excluding hydrogens is 418 g/mol. The van der Waals surface area contributed by atoms with Crippen molar-refractivity contribution in [1.82, 2.24) is 14.0 Å². The van der Waals surface area contributed by atoms with Crippen molar-refractivity contribution in [3.05, 3.63) is 69.1 Å². The van der Waals surface area contributed by atoms with Crippen molar-refractivity contribution in [3.63, 3.8) is 0 Å². The van der Waals surface area contributed by atoms with E-state index in [0.29, 0.717) is 43.8 Å². The van der Waals surface area contributed by atoms with Gasteiger partial charge in [-0.05, 0) is 55.0 Å². The molecule has 1 atom stereocenters. The van der Waals surface area contributed by atoms with E-state index in [4.69, 9.17) is 11.6 Å². The summed E-state index contributed by atoms with van der Waals surface area (Å²) in [7, 11) is 3.44. The highest BCUT2D eigenvalue weighted by Crippen LogP contribution is 2.23. The number of rotatable bonds is 9. The fourth-order valence-corrected chi connectivity index (χ4v) is 4.03. The Morgan fingerprint density at radius 1 is 1.06 bits per heavy atom. The van der Waals surface area contributed by atoms with Gasteiger partial charge in [-0.2, -0.15) is 0 Å². The molecule has 3 rings (SSSR count). The lowest BCUT2D eigenvalue weighted by Crippen LogP contribution is -2.32. The number of imidazole rings is 1. The number of carbonyl (C=O) groups is 1. The number of aliphatic hydroxyl groups is 1. The van der Waals surface area contributed by atoms with Crippen LogP contribution in [0.4, 0.5) is 4.79 Å². The summed E-state index contributed by atoms with van der Waals surface area (Å²) < 4.78 is 3.14. The van der Waals surface area contributed by atoms with Crippen molar-refractivity contribution < 1.29 is 15.0 Å². The van der Waals surface area contributed by atoms with Gasteiger partial charge in [0, 0.05) is 32.2 Å². The van der Waals surface area contributed by atoms with Crippen LogP contribution in [0.2, 0.25) is 5.02 Å². The number of aryl methyl sites for hydroxylation is 2. The van der Waals surface area contributed by atoms with Gasteiger partial charge in [-0.25, -0.2) is 9.59 Å². The van der Waals surface area contributed by atoms with E-state index in [-0.39, 0.29) is 5.69 Å². The number of fused-ring (bicyclic) bond motifs is 1. The summed E-state index contributed by atoms with van der Waals surface area (Å²) in [5.74, 6) is 0. The van der Waals surface area contributed by atoms with E-state index in [9.17, 15) is 19.8 Å². The summed E-state index contributed by atoms with van der Waals surface area (Å²) in [6, 6.07) is 13.0. The number of unbranched alkanes of at least 4 members (excludes halogenated alkanes) is 1. The zero-order chi connectivity index (χ0) is 22.5. The van der Waals surface area contributed by atoms with Gasteiger partial charge in [0.05, 0.1) is 17.1 Å². The second-order valence-electron chi connectivity index (χ2n) is 7.77. The van der Waals surface area contributed by atoms with Gasteiger partial charge in [-0.1, -0.05) is 35.9 Å². The number of aliphatic hydroxyl groups excluding tert-OH is 1. The zero-order valence-electron chi connectivity index (χ0n) is 17.8. The highest BCUT2D eigenvalue weighted by molar-refractivity contribution is 6.31. The molecule has 8 heteroatoms. The van der Waals surface area contributed by atoms with Crippen LogP contribution < -0.4 is 5.69 Å². The molecule has 0 fully saturated rings. The lowest BCUT2D eigenvalue weighted by atomic mass is 10.0. The lowest BCUT2D eigenvalue weighted by Gasteiger charge is -2.20. The summed E-state index contributed by atoms with van der Waals surface area (Å²) in [6.45, 7) is 0.777. The highest BCUT2D eigenvalue weighted by atomic mass is 35.5. The van der Waals surface area contributed by atoms with Crippen LogP contribution in [0.25, 0.3) is 11.0 Å². The first-order valence-electron chi connectivity index (χ1n) is 10.3. The third-order valence-corrected chi connectivity index (χ3v) is 6.08. The average Bonchev–Trinajstić information content (AvgIpc) is 2.97. The molecule has 7 nitrogen and oxygen atoms in total. The van der Waals surface area contributed by atoms with Crippen LogP contribution in [-0.2, 0) is 20.5 Å². The Morgan fingerprint density at radius 2 is 1.77 bits per heavy atom. The molecule has 1 amide bonds. The van der Waals surface area contributed by atoms with Crippen molar-refractivity contribution in [2.45, 2.75) is 31.8 Å². The maximum atomic E-state index is 12.1. The quantitative estimate of drug-likeness (QED) is 0.488. The van der Waals surface area contributed by atoms with Crippen molar-refractivity contribution in [1.29, 1.82) is 0 Å². The molecule has 0 aliphatic heterocycles. The molecule has 1 unspecified atom stereocenters. The van der Waals surface area contributed by atoms with E-state index >= 15 is 0 Å². The summed E-state index contributed by atoms with van der Waals surface area (Å²) in [5, 5.41) is 20.7. The molecule has 1 aromatic heterocycles. The minimum absolute atomic E-state index is 0.104. The third kappa shape index (κ3) is 5.29. The molecule has 0 spiro atoms. The van der Waals surface area contributed by atoms with Gasteiger partial charge in [0.25, 0.3) is 0 Å². The number of aromatic nitrogens is 2. The van der Waals surface area contributed by atoms with Crippen LogP contribution in [0.3, 0.4) is 0 Å². The molecule has 166 valence electrons. The van der Waals surface area contributed by atoms with Crippen LogP contribution in [0.1, 0.15) is 36.5 Å². The molecule has 2 aromatic carbocycles. The summed E-state index contributed by atoms with van der Waals surface area (Å²) in [5.41, 5.74) is 3.17. The van der Waals surface area contributed by atoms with E-state index in [1.807, 2.05) is 36.4 Å². The van der Waals surface area contributed by atoms with Crippen LogP contribution in [-0.4, -0.2) is 43.4 Å². The number of carboxylic acid groups (broad SMARTS) is 1. The molecule has 2 N–H and O–H groups in total. The largest absolute Gasteiger partial charge is 0.465 e. The van der Waals surface area contributed by atoms with Gasteiger partial charge >= 0.3 is 11.8 Å². The first-order chi connectivity index (χ1) is 14.8. The Morgan fingerprint density at radius 3 is 2.48 bits per heavy atom. The topological polar surface area (TPSA) is 87.7 Å². The molecule has 0 saturated heterocycles. The minimum Gasteiger partial charge on any atom is -0.465 e. The fourth-order valence-electron chi connectivity index (χ4n) is 3.80. The SMILES string of the molecule is Cn1c(=O)n(C)c2cc(C(O)CCCCN(CCc3ccccc3Cl)C(=O)O)ccc21. The molecule has 0 radical (unpaired) electrons. The monoisotopic (exact) mass is 445 g/mol. The van der Waals surface area contributed by atoms with Gasteiger partial charge in [-0.3, -0.25) is 9.13 Å². The standard InChI is InChI=1S/C23H28ClN3O4/c1-25-19-11-10-17(15-20(19)26(2)22(25)29)21(28)9-5-6-13-27(23(30)31)14-12-16-7-3-4-8-18(16)24/h3-4,7-8,10-11,15,21,28H,5-6,9,12-14H2,1-2H3,(H,30,31). The number of hydrogen-bond acceptors (Lipinski definition) is 3. The Bertz CT molecular complexity index is 1120. The van der Waals surface area contributed by atoms with Crippen LogP contribution in [0, 0.1) is 0 Å². The predicted molar refractivity (Wildman–Crippen MR) is 122 cm³/mol. The van der Waals surface area contributed by atoms with Gasteiger partial charge in [0.15, 0.2) is 0 Å². The molecule has 0 aliphatic rings. The van der Waals surface area contributed by atoms with Crippen LogP contribution in [0.5, 0.6) is 0 Å². The van der Waals surface area contributed by atoms with Gasteiger partial charge < -0.3 is 15.1 Å². The smallest absolute Gasteiger partial charge is 0.407 e. The van der Waals surface area contributed by atoms with E-state index in [1.165, 1.54) is 4.90 Å². The molecule has 3 aromatic rings. The van der Waals surface area contributed by atoms with Crippen molar-refractivity contribution >= 4 is 28.7 Å². The van der Waals surface area contributed by atoms with E-state index < -0.39 is 12.2 Å². The third-order valence-electron chi connectivity index (χ3n) is 5.72. The van der Waals surface area contributed by atoms with Gasteiger partial charge in [0.2, 0.25) is 0 Å². The Labute approximate surface area is 186 Å². The maximum Gasteiger partial charge on any atom is 0.407 e. The molecular formula is C23H28ClN3O4. The van der Waals surface area contributed by atoms with Gasteiger partial charge in [-0.15, -0.1) is 0 Å². The number of benzene rings is 2. The lowest BCUT2D eigenvalue weighted by molar-refractivity contribution is 0.140. The maximum absolute atomic E-state index is 12.1.